The first-order valence-electron chi connectivity index (χ1n) is 8.32. The second kappa shape index (κ2) is 8.68. The molecule has 0 aliphatic carbocycles. The Morgan fingerprint density at radius 3 is 2.92 bits per heavy atom. The van der Waals surface area contributed by atoms with Gasteiger partial charge in [-0.1, -0.05) is 12.1 Å². The van der Waals surface area contributed by atoms with Crippen LogP contribution < -0.4 is 10.1 Å². The Morgan fingerprint density at radius 2 is 2.21 bits per heavy atom. The molecule has 0 radical (unpaired) electrons. The summed E-state index contributed by atoms with van der Waals surface area (Å²) in [6, 6.07) is 7.81. The summed E-state index contributed by atoms with van der Waals surface area (Å²) in [7, 11) is 5.59. The van der Waals surface area contributed by atoms with Crippen LogP contribution >= 0.6 is 0 Å². The lowest BCUT2D eigenvalue weighted by Crippen LogP contribution is -2.36. The quantitative estimate of drug-likeness (QED) is 0.763. The van der Waals surface area contributed by atoms with E-state index in [0.717, 1.165) is 24.3 Å². The van der Waals surface area contributed by atoms with E-state index in [2.05, 4.69) is 5.32 Å². The topological polar surface area (TPSA) is 61.9 Å². The first kappa shape index (κ1) is 18.3. The van der Waals surface area contributed by atoms with Crippen LogP contribution in [0.25, 0.3) is 0 Å². The molecule has 6 heteroatoms. The molecule has 1 saturated heterocycles. The van der Waals surface area contributed by atoms with Gasteiger partial charge >= 0.3 is 0 Å². The van der Waals surface area contributed by atoms with Crippen molar-refractivity contribution in [3.63, 3.8) is 0 Å². The van der Waals surface area contributed by atoms with Gasteiger partial charge < -0.3 is 19.9 Å². The molecule has 0 aromatic heterocycles. The van der Waals surface area contributed by atoms with Crippen LogP contribution in [0.3, 0.4) is 0 Å². The number of likely N-dealkylation sites (N-methyl/N-ethyl adjacent to an activating group) is 1. The third-order valence-electron chi connectivity index (χ3n) is 4.25. The molecule has 24 heavy (non-hydrogen) atoms. The molecule has 1 fully saturated rings. The summed E-state index contributed by atoms with van der Waals surface area (Å²) in [5.74, 6) is 0.630. The first-order chi connectivity index (χ1) is 11.5. The van der Waals surface area contributed by atoms with E-state index in [1.54, 1.807) is 12.0 Å². The van der Waals surface area contributed by atoms with E-state index in [1.165, 1.54) is 0 Å². The monoisotopic (exact) mass is 333 g/mol. The molecule has 0 spiro atoms. The number of carbonyl (C=O) groups excluding carboxylic acids is 2. The number of methoxy groups -OCH3 is 1. The third-order valence-corrected chi connectivity index (χ3v) is 4.25. The maximum atomic E-state index is 12.3. The molecule has 1 aliphatic heterocycles. The van der Waals surface area contributed by atoms with Gasteiger partial charge in [-0.3, -0.25) is 9.59 Å². The molecule has 0 saturated carbocycles. The maximum absolute atomic E-state index is 12.3. The second-order valence-corrected chi connectivity index (χ2v) is 6.44. The summed E-state index contributed by atoms with van der Waals surface area (Å²) in [6.07, 6.45) is 1.06. The molecular weight excluding hydrogens is 306 g/mol. The number of hydrogen-bond acceptors (Lipinski definition) is 4. The van der Waals surface area contributed by atoms with Gasteiger partial charge in [-0.05, 0) is 38.2 Å². The summed E-state index contributed by atoms with van der Waals surface area (Å²) in [5, 5.41) is 2.95. The molecule has 0 bridgehead atoms. The Labute approximate surface area is 143 Å². The van der Waals surface area contributed by atoms with Gasteiger partial charge in [0.05, 0.1) is 13.0 Å². The van der Waals surface area contributed by atoms with E-state index in [0.29, 0.717) is 26.1 Å². The molecule has 132 valence electrons. The van der Waals surface area contributed by atoms with Crippen molar-refractivity contribution in [3.05, 3.63) is 29.8 Å². The van der Waals surface area contributed by atoms with Crippen molar-refractivity contribution in [3.8, 4) is 5.75 Å². The van der Waals surface area contributed by atoms with Crippen molar-refractivity contribution in [2.75, 3.05) is 47.4 Å². The minimum Gasteiger partial charge on any atom is -0.497 e. The predicted octanol–water partition coefficient (Wildman–Crippen LogP) is 0.764. The average molecular weight is 333 g/mol. The van der Waals surface area contributed by atoms with Crippen LogP contribution in [0.2, 0.25) is 0 Å². The van der Waals surface area contributed by atoms with Crippen molar-refractivity contribution in [2.24, 2.45) is 5.92 Å². The van der Waals surface area contributed by atoms with Gasteiger partial charge in [-0.2, -0.15) is 0 Å². The summed E-state index contributed by atoms with van der Waals surface area (Å²) in [4.78, 5) is 28.1. The van der Waals surface area contributed by atoms with Crippen molar-refractivity contribution in [1.82, 2.24) is 15.1 Å². The van der Waals surface area contributed by atoms with Gasteiger partial charge in [0.25, 0.3) is 0 Å². The Bertz CT molecular complexity index is 574. The van der Waals surface area contributed by atoms with E-state index >= 15 is 0 Å². The number of amides is 2. The number of nitrogens with one attached hydrogen (secondary N) is 1. The molecular formula is C18H27N3O3. The van der Waals surface area contributed by atoms with E-state index in [9.17, 15) is 9.59 Å². The number of hydrogen-bond donors (Lipinski definition) is 1. The van der Waals surface area contributed by atoms with Crippen LogP contribution in [0, 0.1) is 5.92 Å². The van der Waals surface area contributed by atoms with Gasteiger partial charge in [-0.15, -0.1) is 0 Å². The molecule has 1 unspecified atom stereocenters. The van der Waals surface area contributed by atoms with E-state index in [4.69, 9.17) is 4.74 Å². The zero-order valence-electron chi connectivity index (χ0n) is 14.7. The van der Waals surface area contributed by atoms with Crippen molar-refractivity contribution < 1.29 is 14.3 Å². The highest BCUT2D eigenvalue weighted by Crippen LogP contribution is 2.18. The van der Waals surface area contributed by atoms with Crippen LogP contribution in [0.15, 0.2) is 24.3 Å². The molecule has 1 heterocycles. The fourth-order valence-corrected chi connectivity index (χ4v) is 2.79. The molecule has 1 atom stereocenters. The van der Waals surface area contributed by atoms with Crippen molar-refractivity contribution in [2.45, 2.75) is 12.8 Å². The number of carbonyl (C=O) groups is 2. The molecule has 1 N–H and O–H groups in total. The SMILES string of the molecule is COc1cccc(CCNC(=O)C2CC(=O)N(CCN(C)C)C2)c1. The first-order valence-corrected chi connectivity index (χ1v) is 8.32. The van der Waals surface area contributed by atoms with Crippen LogP contribution in [-0.4, -0.2) is 69.0 Å². The van der Waals surface area contributed by atoms with Gasteiger partial charge in [0.15, 0.2) is 0 Å². The summed E-state index contributed by atoms with van der Waals surface area (Å²) in [6.45, 7) is 2.58. The number of likely N-dealkylation sites (tertiary alicyclic amines) is 1. The van der Waals surface area contributed by atoms with Crippen molar-refractivity contribution >= 4 is 11.8 Å². The van der Waals surface area contributed by atoms with Gasteiger partial charge in [0, 0.05) is 32.6 Å². The molecule has 1 aromatic carbocycles. The van der Waals surface area contributed by atoms with E-state index < -0.39 is 0 Å². The normalized spacial score (nSPS) is 17.4. The fourth-order valence-electron chi connectivity index (χ4n) is 2.79. The van der Waals surface area contributed by atoms with E-state index in [-0.39, 0.29) is 17.7 Å². The molecule has 1 aliphatic rings. The average Bonchev–Trinajstić information content (AvgIpc) is 2.94. The number of benzene rings is 1. The highest BCUT2D eigenvalue weighted by Gasteiger charge is 2.33. The Hall–Kier alpha value is -2.08. The molecule has 2 amide bonds. The predicted molar refractivity (Wildman–Crippen MR) is 92.9 cm³/mol. The van der Waals surface area contributed by atoms with Crippen LogP contribution in [0.5, 0.6) is 5.75 Å². The van der Waals surface area contributed by atoms with Gasteiger partial charge in [0.1, 0.15) is 5.75 Å². The molecule has 2 rings (SSSR count). The Morgan fingerprint density at radius 1 is 1.42 bits per heavy atom. The largest absolute Gasteiger partial charge is 0.497 e. The highest BCUT2D eigenvalue weighted by molar-refractivity contribution is 5.89. The molecule has 1 aromatic rings. The Kier molecular flexibility index (Phi) is 6.61. The van der Waals surface area contributed by atoms with Crippen LogP contribution in [-0.2, 0) is 16.0 Å². The van der Waals surface area contributed by atoms with Gasteiger partial charge in [0.2, 0.25) is 11.8 Å². The smallest absolute Gasteiger partial charge is 0.225 e. The van der Waals surface area contributed by atoms with Crippen LogP contribution in [0.1, 0.15) is 12.0 Å². The van der Waals surface area contributed by atoms with Crippen molar-refractivity contribution in [1.29, 1.82) is 0 Å². The van der Waals surface area contributed by atoms with E-state index in [1.807, 2.05) is 43.3 Å². The zero-order chi connectivity index (χ0) is 17.5. The number of ether oxygens (including phenoxy) is 1. The lowest BCUT2D eigenvalue weighted by molar-refractivity contribution is -0.129. The van der Waals surface area contributed by atoms with Crippen LogP contribution in [0.4, 0.5) is 0 Å². The summed E-state index contributed by atoms with van der Waals surface area (Å²) < 4.78 is 5.19. The standard InChI is InChI=1S/C18H27N3O3/c1-20(2)9-10-21-13-15(12-17(21)22)18(23)19-8-7-14-5-4-6-16(11-14)24-3/h4-6,11,15H,7-10,12-13H2,1-3H3,(H,19,23). The highest BCUT2D eigenvalue weighted by atomic mass is 16.5. The summed E-state index contributed by atoms with van der Waals surface area (Å²) >= 11 is 0. The minimum atomic E-state index is -0.232. The number of nitrogens with zero attached hydrogens (tertiary/aromatic N) is 2. The third kappa shape index (κ3) is 5.23. The summed E-state index contributed by atoms with van der Waals surface area (Å²) in [5.41, 5.74) is 1.12. The number of rotatable bonds is 8. The maximum Gasteiger partial charge on any atom is 0.225 e. The lowest BCUT2D eigenvalue weighted by atomic mass is 10.1. The van der Waals surface area contributed by atoms with Gasteiger partial charge in [-0.25, -0.2) is 0 Å². The fraction of sp³-hybridized carbons (Fsp3) is 0.556. The second-order valence-electron chi connectivity index (χ2n) is 6.44. The molecule has 6 nitrogen and oxygen atoms in total. The Balaban J connectivity index is 1.75. The lowest BCUT2D eigenvalue weighted by Gasteiger charge is -2.19. The minimum absolute atomic E-state index is 0.0291. The zero-order valence-corrected chi connectivity index (χ0v) is 14.7.